The Morgan fingerprint density at radius 2 is 1.70 bits per heavy atom. The predicted molar refractivity (Wildman–Crippen MR) is 167 cm³/mol. The van der Waals surface area contributed by atoms with Crippen LogP contribution in [-0.2, 0) is 23.9 Å². The number of alkyl carbamates (subject to hydrolysis) is 1. The van der Waals surface area contributed by atoms with E-state index >= 15 is 0 Å². The number of allylic oxidation sites excluding steroid dienone is 1. The highest BCUT2D eigenvalue weighted by molar-refractivity contribution is 8.02. The van der Waals surface area contributed by atoms with E-state index in [0.29, 0.717) is 17.2 Å². The third-order valence-corrected chi connectivity index (χ3v) is 9.42. The molecule has 5 rings (SSSR count). The fourth-order valence-electron chi connectivity index (χ4n) is 5.06. The Kier molecular flexibility index (Phi) is 9.51. The summed E-state index contributed by atoms with van der Waals surface area (Å²) in [5.41, 5.74) is 1.75. The number of β-lactam (4-membered cyclic amide) rings is 1. The van der Waals surface area contributed by atoms with Gasteiger partial charge in [0.2, 0.25) is 6.41 Å². The standard InChI is InChI=1S/C32H35N3O6S2/c1-32(2,3)41-31(39)33-25-28(37)35-26(24(19-43-29(25)35)14-15-42-18-21-16-34(17-21)20-36)30(38)40-27(22-10-6-4-7-11-22)23-12-8-5-9-13-23/h4-15,20-21,25,27,29H,16-19H2,1-3H3,(H,33,39)/t25-,29-/m1/s1. The molecule has 9 nitrogen and oxygen atoms in total. The van der Waals surface area contributed by atoms with Crippen molar-refractivity contribution in [3.8, 4) is 0 Å². The largest absolute Gasteiger partial charge is 0.448 e. The van der Waals surface area contributed by atoms with Crippen molar-refractivity contribution in [2.75, 3.05) is 24.6 Å². The highest BCUT2D eigenvalue weighted by atomic mass is 32.2. The lowest BCUT2D eigenvalue weighted by atomic mass is 10.0. The third-order valence-electron chi connectivity index (χ3n) is 7.12. The lowest BCUT2D eigenvalue weighted by Gasteiger charge is -2.49. The first kappa shape index (κ1) is 30.7. The van der Waals surface area contributed by atoms with Crippen LogP contribution in [0, 0.1) is 5.92 Å². The molecule has 0 radical (unpaired) electrons. The fraction of sp³-hybridized carbons (Fsp3) is 0.375. The van der Waals surface area contributed by atoms with Gasteiger partial charge in [0.25, 0.3) is 5.91 Å². The molecule has 0 unspecified atom stereocenters. The minimum atomic E-state index is -0.819. The van der Waals surface area contributed by atoms with Crippen molar-refractivity contribution in [1.82, 2.24) is 15.1 Å². The van der Waals surface area contributed by atoms with Gasteiger partial charge in [-0.3, -0.25) is 14.5 Å². The molecule has 0 aromatic heterocycles. The average molecular weight is 622 g/mol. The molecular weight excluding hydrogens is 587 g/mol. The number of likely N-dealkylation sites (tertiary alicyclic amines) is 1. The number of ether oxygens (including phenoxy) is 2. The van der Waals surface area contributed by atoms with E-state index in [9.17, 15) is 19.2 Å². The normalized spacial score (nSPS) is 20.4. The van der Waals surface area contributed by atoms with E-state index in [1.807, 2.05) is 72.1 Å². The summed E-state index contributed by atoms with van der Waals surface area (Å²) in [5, 5.41) is 4.14. The van der Waals surface area contributed by atoms with Crippen LogP contribution in [0.25, 0.3) is 0 Å². The molecule has 2 fully saturated rings. The van der Waals surface area contributed by atoms with E-state index in [1.54, 1.807) is 37.4 Å². The second kappa shape index (κ2) is 13.3. The van der Waals surface area contributed by atoms with E-state index in [1.165, 1.54) is 16.7 Å². The van der Waals surface area contributed by atoms with Crippen LogP contribution in [0.4, 0.5) is 4.79 Å². The number of rotatable bonds is 10. The van der Waals surface area contributed by atoms with Gasteiger partial charge in [0, 0.05) is 30.5 Å². The van der Waals surface area contributed by atoms with Gasteiger partial charge in [-0.2, -0.15) is 0 Å². The summed E-state index contributed by atoms with van der Waals surface area (Å²) in [4.78, 5) is 53.9. The van der Waals surface area contributed by atoms with Crippen molar-refractivity contribution in [3.63, 3.8) is 0 Å². The Morgan fingerprint density at radius 3 is 2.28 bits per heavy atom. The third kappa shape index (κ3) is 7.27. The minimum Gasteiger partial charge on any atom is -0.448 e. The number of carbonyl (C=O) groups excluding carboxylic acids is 4. The molecule has 0 saturated carbocycles. The van der Waals surface area contributed by atoms with Gasteiger partial charge in [0.15, 0.2) is 6.10 Å². The van der Waals surface area contributed by atoms with E-state index in [4.69, 9.17) is 9.47 Å². The topological polar surface area (TPSA) is 105 Å². The van der Waals surface area contributed by atoms with Gasteiger partial charge in [-0.25, -0.2) is 9.59 Å². The molecule has 3 aliphatic heterocycles. The zero-order valence-electron chi connectivity index (χ0n) is 24.3. The molecule has 11 heteroatoms. The summed E-state index contributed by atoms with van der Waals surface area (Å²) >= 11 is 3.08. The van der Waals surface area contributed by atoms with Crippen molar-refractivity contribution < 1.29 is 28.7 Å². The summed E-state index contributed by atoms with van der Waals surface area (Å²) < 4.78 is 11.5. The maximum absolute atomic E-state index is 14.0. The first-order valence-electron chi connectivity index (χ1n) is 14.1. The molecule has 2 aromatic carbocycles. The van der Waals surface area contributed by atoms with E-state index in [0.717, 1.165) is 36.4 Å². The molecule has 3 amide bonds. The van der Waals surface area contributed by atoms with Crippen LogP contribution in [-0.4, -0.2) is 75.8 Å². The van der Waals surface area contributed by atoms with Crippen LogP contribution in [0.2, 0.25) is 0 Å². The Hall–Kier alpha value is -3.70. The van der Waals surface area contributed by atoms with Crippen molar-refractivity contribution in [1.29, 1.82) is 0 Å². The zero-order valence-corrected chi connectivity index (χ0v) is 25.9. The summed E-state index contributed by atoms with van der Waals surface area (Å²) in [6.45, 7) is 6.75. The van der Waals surface area contributed by atoms with Crippen LogP contribution in [0.5, 0.6) is 0 Å². The van der Waals surface area contributed by atoms with Crippen molar-refractivity contribution in [2.45, 2.75) is 43.9 Å². The minimum absolute atomic E-state index is 0.181. The first-order valence-corrected chi connectivity index (χ1v) is 16.2. The summed E-state index contributed by atoms with van der Waals surface area (Å²) in [5.74, 6) is 0.715. The van der Waals surface area contributed by atoms with Crippen LogP contribution >= 0.6 is 23.5 Å². The van der Waals surface area contributed by atoms with Gasteiger partial charge >= 0.3 is 12.1 Å². The molecular formula is C32H35N3O6S2. The molecule has 0 aliphatic carbocycles. The molecule has 2 aromatic rings. The number of thioether (sulfide) groups is 2. The lowest BCUT2D eigenvalue weighted by Crippen LogP contribution is -2.70. The summed E-state index contributed by atoms with van der Waals surface area (Å²) in [6, 6.07) is 18.1. The SMILES string of the molecule is CC(C)(C)OC(=O)N[C@@H]1C(=O)N2C(C(=O)OC(c3ccccc3)c3ccccc3)=C(C=CSCC3CN(C=O)C3)CS[C@H]12. The molecule has 2 saturated heterocycles. The number of amides is 3. The Bertz CT molecular complexity index is 1360. The van der Waals surface area contributed by atoms with Crippen molar-refractivity contribution >= 4 is 47.9 Å². The maximum atomic E-state index is 14.0. The predicted octanol–water partition coefficient (Wildman–Crippen LogP) is 4.72. The average Bonchev–Trinajstić information content (AvgIpc) is 2.97. The molecule has 43 heavy (non-hydrogen) atoms. The second-order valence-corrected chi connectivity index (χ2v) is 13.6. The number of hydrogen-bond donors (Lipinski definition) is 1. The number of hydrogen-bond acceptors (Lipinski definition) is 8. The second-order valence-electron chi connectivity index (χ2n) is 11.6. The van der Waals surface area contributed by atoms with Gasteiger partial charge in [0.1, 0.15) is 22.7 Å². The summed E-state index contributed by atoms with van der Waals surface area (Å²) in [7, 11) is 0. The van der Waals surface area contributed by atoms with Gasteiger partial charge < -0.3 is 19.7 Å². The van der Waals surface area contributed by atoms with Crippen LogP contribution in [0.3, 0.4) is 0 Å². The van der Waals surface area contributed by atoms with Gasteiger partial charge in [-0.1, -0.05) is 60.7 Å². The summed E-state index contributed by atoms with van der Waals surface area (Å²) in [6.07, 6.45) is 1.37. The van der Waals surface area contributed by atoms with Crippen molar-refractivity contribution in [3.05, 3.63) is 94.5 Å². The number of benzene rings is 2. The highest BCUT2D eigenvalue weighted by Crippen LogP contribution is 2.42. The van der Waals surface area contributed by atoms with Crippen LogP contribution in [0.1, 0.15) is 38.0 Å². The Morgan fingerprint density at radius 1 is 1.07 bits per heavy atom. The van der Waals surface area contributed by atoms with E-state index < -0.39 is 41.1 Å². The Balaban J connectivity index is 1.38. The number of fused-ring (bicyclic) bond motifs is 1. The number of esters is 1. The molecule has 0 spiro atoms. The van der Waals surface area contributed by atoms with Gasteiger partial charge in [0.05, 0.1) is 0 Å². The number of carbonyl (C=O) groups is 4. The van der Waals surface area contributed by atoms with Gasteiger partial charge in [-0.15, -0.1) is 23.5 Å². The molecule has 1 N–H and O–H groups in total. The zero-order chi connectivity index (χ0) is 30.6. The van der Waals surface area contributed by atoms with E-state index in [2.05, 4.69) is 5.32 Å². The van der Waals surface area contributed by atoms with Crippen molar-refractivity contribution in [2.24, 2.45) is 5.92 Å². The number of nitrogens with zero attached hydrogens (tertiary/aromatic N) is 2. The quantitative estimate of drug-likeness (QED) is 0.231. The highest BCUT2D eigenvalue weighted by Gasteiger charge is 2.54. The fourth-order valence-corrected chi connectivity index (χ4v) is 7.24. The molecule has 226 valence electrons. The van der Waals surface area contributed by atoms with Gasteiger partial charge in [-0.05, 0) is 49.0 Å². The molecule has 0 bridgehead atoms. The molecule has 3 heterocycles. The smallest absolute Gasteiger partial charge is 0.408 e. The Labute approximate surface area is 260 Å². The van der Waals surface area contributed by atoms with E-state index in [-0.39, 0.29) is 5.70 Å². The maximum Gasteiger partial charge on any atom is 0.408 e. The first-order chi connectivity index (χ1) is 20.6. The van der Waals surface area contributed by atoms with Crippen LogP contribution < -0.4 is 5.32 Å². The van der Waals surface area contributed by atoms with Crippen LogP contribution in [0.15, 0.2) is 83.4 Å². The monoisotopic (exact) mass is 621 g/mol. The lowest BCUT2D eigenvalue weighted by molar-refractivity contribution is -0.153. The number of nitrogens with one attached hydrogen (secondary N) is 1. The molecule has 2 atom stereocenters. The molecule has 3 aliphatic rings.